The number of carbonyl (C=O) groups excluding carboxylic acids is 2. The Morgan fingerprint density at radius 2 is 2.00 bits per heavy atom. The van der Waals surface area contributed by atoms with Gasteiger partial charge >= 0.3 is 29.6 Å². The van der Waals surface area contributed by atoms with Crippen LogP contribution < -0.4 is 35.3 Å². The van der Waals surface area contributed by atoms with Gasteiger partial charge in [0.2, 0.25) is 5.91 Å². The Labute approximate surface area is 111 Å². The van der Waals surface area contributed by atoms with Crippen LogP contribution in [-0.4, -0.2) is 11.7 Å². The largest absolute Gasteiger partial charge is 1.00 e. The number of amides is 1. The molecular weight excluding hydrogens is 209 g/mol. The van der Waals surface area contributed by atoms with E-state index in [1.807, 2.05) is 0 Å². The molecule has 0 radical (unpaired) electrons. The van der Waals surface area contributed by atoms with Crippen LogP contribution in [0.25, 0.3) is 0 Å². The van der Waals surface area contributed by atoms with Crippen LogP contribution in [-0.2, 0) is 0 Å². The molecule has 1 aromatic rings. The molecule has 5 heteroatoms. The molecular formula is C9H10NNaO2S. The average Bonchev–Trinajstić information content (AvgIpc) is 2.04. The molecule has 0 spiro atoms. The number of benzene rings is 1. The predicted octanol–water partition coefficient (Wildman–Crippen LogP) is -1.61. The fraction of sp³-hybridized carbons (Fsp3) is 0.111. The quantitative estimate of drug-likeness (QED) is 0.357. The van der Waals surface area contributed by atoms with Crippen LogP contribution >= 0.6 is 12.6 Å². The first-order chi connectivity index (χ1) is 6.02. The number of thiol groups is 1. The molecule has 0 aliphatic carbocycles. The van der Waals surface area contributed by atoms with E-state index in [1.165, 1.54) is 13.0 Å². The van der Waals surface area contributed by atoms with Crippen molar-refractivity contribution in [1.82, 2.24) is 0 Å². The van der Waals surface area contributed by atoms with Crippen molar-refractivity contribution >= 4 is 24.3 Å². The van der Waals surface area contributed by atoms with Crippen molar-refractivity contribution in [3.05, 3.63) is 29.3 Å². The Morgan fingerprint density at radius 1 is 1.43 bits per heavy atom. The zero-order valence-electron chi connectivity index (χ0n) is 9.07. The number of ketones is 1. The van der Waals surface area contributed by atoms with Gasteiger partial charge in [0.1, 0.15) is 0 Å². The number of Topliss-reactive ketones (excluding diaryl/α,β-unsaturated/α-hetero) is 1. The molecule has 0 aromatic heterocycles. The summed E-state index contributed by atoms with van der Waals surface area (Å²) in [6, 6.07) is 4.64. The SMILES string of the molecule is CC(=O)c1ccc(S)c(C(N)=O)c1.[H-].[Na+]. The topological polar surface area (TPSA) is 60.2 Å². The smallest absolute Gasteiger partial charge is 1.00 e. The van der Waals surface area contributed by atoms with Crippen molar-refractivity contribution in [2.45, 2.75) is 11.8 Å². The summed E-state index contributed by atoms with van der Waals surface area (Å²) >= 11 is 4.04. The zero-order chi connectivity index (χ0) is 10.0. The first kappa shape index (κ1) is 13.7. The van der Waals surface area contributed by atoms with E-state index >= 15 is 0 Å². The maximum absolute atomic E-state index is 11.0. The number of hydrogen-bond acceptors (Lipinski definition) is 3. The van der Waals surface area contributed by atoms with E-state index in [0.29, 0.717) is 10.5 Å². The van der Waals surface area contributed by atoms with Crippen LogP contribution in [0.1, 0.15) is 29.1 Å². The predicted molar refractivity (Wildman–Crippen MR) is 53.3 cm³/mol. The van der Waals surface area contributed by atoms with Crippen molar-refractivity contribution in [1.29, 1.82) is 0 Å². The van der Waals surface area contributed by atoms with Crippen LogP contribution in [0.15, 0.2) is 23.1 Å². The monoisotopic (exact) mass is 219 g/mol. The van der Waals surface area contributed by atoms with Gasteiger partial charge in [0.25, 0.3) is 0 Å². The van der Waals surface area contributed by atoms with Crippen LogP contribution in [0, 0.1) is 0 Å². The second-order valence-electron chi connectivity index (χ2n) is 2.65. The van der Waals surface area contributed by atoms with Gasteiger partial charge in [-0.3, -0.25) is 9.59 Å². The van der Waals surface area contributed by atoms with Crippen molar-refractivity contribution in [2.75, 3.05) is 0 Å². The van der Waals surface area contributed by atoms with Gasteiger partial charge in [0.15, 0.2) is 5.78 Å². The summed E-state index contributed by atoms with van der Waals surface area (Å²) in [6.07, 6.45) is 0. The molecule has 70 valence electrons. The van der Waals surface area contributed by atoms with Gasteiger partial charge in [-0.25, -0.2) is 0 Å². The maximum Gasteiger partial charge on any atom is 1.00 e. The van der Waals surface area contributed by atoms with Gasteiger partial charge in [-0.05, 0) is 19.1 Å². The van der Waals surface area contributed by atoms with Crippen LogP contribution in [0.2, 0.25) is 0 Å². The summed E-state index contributed by atoms with van der Waals surface area (Å²) in [4.78, 5) is 22.3. The van der Waals surface area contributed by atoms with Gasteiger partial charge in [-0.15, -0.1) is 12.6 Å². The molecule has 1 aromatic carbocycles. The van der Waals surface area contributed by atoms with Crippen LogP contribution in [0.3, 0.4) is 0 Å². The number of carbonyl (C=O) groups is 2. The van der Waals surface area contributed by atoms with E-state index in [9.17, 15) is 9.59 Å². The Kier molecular flexibility index (Phi) is 5.44. The fourth-order valence-electron chi connectivity index (χ4n) is 0.952. The number of hydrogen-bond donors (Lipinski definition) is 2. The van der Waals surface area contributed by atoms with Gasteiger partial charge in [0.05, 0.1) is 5.56 Å². The molecule has 2 N–H and O–H groups in total. The second kappa shape index (κ2) is 5.56. The summed E-state index contributed by atoms with van der Waals surface area (Å²) in [6.45, 7) is 1.43. The molecule has 0 saturated carbocycles. The molecule has 0 unspecified atom stereocenters. The van der Waals surface area contributed by atoms with Gasteiger partial charge in [-0.1, -0.05) is 6.07 Å². The number of rotatable bonds is 2. The molecule has 0 aliphatic heterocycles. The Balaban J connectivity index is 0. The van der Waals surface area contributed by atoms with Gasteiger partial charge in [-0.2, -0.15) is 0 Å². The molecule has 14 heavy (non-hydrogen) atoms. The van der Waals surface area contributed by atoms with Crippen LogP contribution in [0.4, 0.5) is 0 Å². The molecule has 0 bridgehead atoms. The van der Waals surface area contributed by atoms with Gasteiger partial charge in [0, 0.05) is 10.5 Å². The van der Waals surface area contributed by atoms with E-state index in [-0.39, 0.29) is 42.3 Å². The van der Waals surface area contributed by atoms with Crippen molar-refractivity contribution in [3.8, 4) is 0 Å². The molecule has 0 fully saturated rings. The molecule has 1 rings (SSSR count). The van der Waals surface area contributed by atoms with E-state index in [1.54, 1.807) is 12.1 Å². The third kappa shape index (κ3) is 3.13. The van der Waals surface area contributed by atoms with Crippen molar-refractivity contribution < 1.29 is 40.6 Å². The zero-order valence-corrected chi connectivity index (χ0v) is 11.0. The fourth-order valence-corrected chi connectivity index (χ4v) is 1.20. The summed E-state index contributed by atoms with van der Waals surface area (Å²) < 4.78 is 0. The molecule has 1 amide bonds. The van der Waals surface area contributed by atoms with Crippen molar-refractivity contribution in [2.24, 2.45) is 5.73 Å². The normalized spacial score (nSPS) is 9.00. The van der Waals surface area contributed by atoms with E-state index in [0.717, 1.165) is 0 Å². The van der Waals surface area contributed by atoms with Crippen molar-refractivity contribution in [3.63, 3.8) is 0 Å². The Morgan fingerprint density at radius 3 is 2.43 bits per heavy atom. The Bertz CT molecular complexity index is 384. The molecule has 3 nitrogen and oxygen atoms in total. The first-order valence-electron chi connectivity index (χ1n) is 3.66. The molecule has 0 heterocycles. The summed E-state index contributed by atoms with van der Waals surface area (Å²) in [5.74, 6) is -0.677. The van der Waals surface area contributed by atoms with E-state index in [2.05, 4.69) is 12.6 Å². The number of primary amides is 1. The second-order valence-corrected chi connectivity index (χ2v) is 3.13. The minimum absolute atomic E-state index is 0. The molecule has 0 atom stereocenters. The van der Waals surface area contributed by atoms with Gasteiger partial charge < -0.3 is 7.16 Å². The van der Waals surface area contributed by atoms with Crippen LogP contribution in [0.5, 0.6) is 0 Å². The molecule has 0 aliphatic rings. The third-order valence-electron chi connectivity index (χ3n) is 1.67. The third-order valence-corrected chi connectivity index (χ3v) is 2.06. The average molecular weight is 219 g/mol. The van der Waals surface area contributed by atoms with E-state index in [4.69, 9.17) is 5.73 Å². The minimum Gasteiger partial charge on any atom is -1.00 e. The number of nitrogens with two attached hydrogens (primary N) is 1. The molecule has 0 saturated heterocycles. The summed E-state index contributed by atoms with van der Waals surface area (Å²) in [5, 5.41) is 0. The standard InChI is InChI=1S/C9H9NO2S.Na.H/c1-5(11)6-2-3-8(13)7(4-6)9(10)12;;/h2-4,13H,1H3,(H2,10,12);;/q;+1;-1. The Hall–Kier alpha value is -0.290. The summed E-state index contributed by atoms with van der Waals surface area (Å²) in [5.41, 5.74) is 5.82. The summed E-state index contributed by atoms with van der Waals surface area (Å²) in [7, 11) is 0. The minimum atomic E-state index is -0.576. The maximum atomic E-state index is 11.0. The van der Waals surface area contributed by atoms with E-state index < -0.39 is 5.91 Å². The first-order valence-corrected chi connectivity index (χ1v) is 4.11.